The van der Waals surface area contributed by atoms with Crippen LogP contribution in [0.15, 0.2) is 30.6 Å². The molecule has 5 heteroatoms. The van der Waals surface area contributed by atoms with E-state index in [9.17, 15) is 9.18 Å². The molecule has 2 rings (SSSR count). The first kappa shape index (κ1) is 13.3. The van der Waals surface area contributed by atoms with Crippen molar-refractivity contribution in [3.63, 3.8) is 0 Å². The van der Waals surface area contributed by atoms with Crippen LogP contribution < -0.4 is 4.74 Å². The molecule has 0 bridgehead atoms. The van der Waals surface area contributed by atoms with Gasteiger partial charge in [-0.05, 0) is 32.0 Å². The van der Waals surface area contributed by atoms with Gasteiger partial charge in [-0.1, -0.05) is 0 Å². The van der Waals surface area contributed by atoms with E-state index in [0.29, 0.717) is 18.7 Å². The molecule has 100 valence electrons. The Morgan fingerprint density at radius 2 is 2.26 bits per heavy atom. The minimum Gasteiger partial charge on any atom is -0.489 e. The zero-order valence-electron chi connectivity index (χ0n) is 10.9. The Hall–Kier alpha value is -2.17. The number of aryl methyl sites for hydroxylation is 1. The van der Waals surface area contributed by atoms with Gasteiger partial charge in [-0.2, -0.15) is 0 Å². The first-order valence-corrected chi connectivity index (χ1v) is 5.99. The van der Waals surface area contributed by atoms with Gasteiger partial charge < -0.3 is 9.30 Å². The summed E-state index contributed by atoms with van der Waals surface area (Å²) in [4.78, 5) is 15.2. The molecule has 0 radical (unpaired) electrons. The predicted octanol–water partition coefficient (Wildman–Crippen LogP) is 2.61. The second-order valence-corrected chi connectivity index (χ2v) is 4.22. The lowest BCUT2D eigenvalue weighted by Gasteiger charge is -2.09. The van der Waals surface area contributed by atoms with E-state index in [-0.39, 0.29) is 11.5 Å². The summed E-state index contributed by atoms with van der Waals surface area (Å²) in [6, 6.07) is 4.23. The predicted molar refractivity (Wildman–Crippen MR) is 68.9 cm³/mol. The van der Waals surface area contributed by atoms with Gasteiger partial charge in [0.1, 0.15) is 12.4 Å². The van der Waals surface area contributed by atoms with Crippen molar-refractivity contribution in [1.29, 1.82) is 0 Å². The van der Waals surface area contributed by atoms with Gasteiger partial charge in [-0.15, -0.1) is 0 Å². The number of halogens is 1. The summed E-state index contributed by atoms with van der Waals surface area (Å²) < 4.78 is 20.9. The largest absolute Gasteiger partial charge is 0.489 e. The zero-order valence-corrected chi connectivity index (χ0v) is 10.9. The third-order valence-corrected chi connectivity index (χ3v) is 2.85. The topological polar surface area (TPSA) is 44.1 Å². The van der Waals surface area contributed by atoms with Crippen LogP contribution in [0.2, 0.25) is 0 Å². The summed E-state index contributed by atoms with van der Waals surface area (Å²) in [6.07, 6.45) is 3.55. The zero-order chi connectivity index (χ0) is 13.8. The Bertz CT molecular complexity index is 593. The summed E-state index contributed by atoms with van der Waals surface area (Å²) in [5.41, 5.74) is 0.343. The Morgan fingerprint density at radius 1 is 1.47 bits per heavy atom. The fraction of sp³-hybridized carbons (Fsp3) is 0.286. The first-order chi connectivity index (χ1) is 9.08. The summed E-state index contributed by atoms with van der Waals surface area (Å²) in [5.74, 6) is 0.355. The van der Waals surface area contributed by atoms with Crippen molar-refractivity contribution < 1.29 is 13.9 Å². The van der Waals surface area contributed by atoms with Gasteiger partial charge in [-0.25, -0.2) is 9.37 Å². The van der Waals surface area contributed by atoms with Gasteiger partial charge in [0, 0.05) is 18.0 Å². The minimum atomic E-state index is -0.518. The highest BCUT2D eigenvalue weighted by atomic mass is 19.1. The highest BCUT2D eigenvalue weighted by Gasteiger charge is 2.07. The van der Waals surface area contributed by atoms with Crippen LogP contribution in [0.5, 0.6) is 5.75 Å². The standard InChI is InChI=1S/C14H15FN2O2/c1-10(18)12-3-4-14(13(15)9-12)19-8-7-17-6-5-16-11(17)2/h3-6,9H,7-8H2,1-2H3. The molecule has 0 atom stereocenters. The number of nitrogens with zero attached hydrogens (tertiary/aromatic N) is 2. The Morgan fingerprint density at radius 3 is 2.84 bits per heavy atom. The maximum Gasteiger partial charge on any atom is 0.165 e. The van der Waals surface area contributed by atoms with Gasteiger partial charge >= 0.3 is 0 Å². The summed E-state index contributed by atoms with van der Waals surface area (Å²) >= 11 is 0. The third kappa shape index (κ3) is 3.19. The quantitative estimate of drug-likeness (QED) is 0.778. The molecule has 0 aliphatic carbocycles. The number of aromatic nitrogens is 2. The number of ether oxygens (including phenoxy) is 1. The molecule has 0 spiro atoms. The molecule has 1 aromatic carbocycles. The number of imidazole rings is 1. The van der Waals surface area contributed by atoms with E-state index < -0.39 is 5.82 Å². The van der Waals surface area contributed by atoms with Crippen LogP contribution in [0.4, 0.5) is 4.39 Å². The van der Waals surface area contributed by atoms with Crippen molar-refractivity contribution in [2.75, 3.05) is 6.61 Å². The van der Waals surface area contributed by atoms with Gasteiger partial charge in [0.2, 0.25) is 0 Å². The van der Waals surface area contributed by atoms with Crippen molar-refractivity contribution in [1.82, 2.24) is 9.55 Å². The highest BCUT2D eigenvalue weighted by Crippen LogP contribution is 2.18. The highest BCUT2D eigenvalue weighted by molar-refractivity contribution is 5.94. The summed E-state index contributed by atoms with van der Waals surface area (Å²) in [5, 5.41) is 0. The average Bonchev–Trinajstić information content (AvgIpc) is 2.77. The van der Waals surface area contributed by atoms with E-state index in [1.54, 1.807) is 12.3 Å². The third-order valence-electron chi connectivity index (χ3n) is 2.85. The van der Waals surface area contributed by atoms with Crippen LogP contribution in [-0.2, 0) is 6.54 Å². The Labute approximate surface area is 110 Å². The molecule has 4 nitrogen and oxygen atoms in total. The van der Waals surface area contributed by atoms with E-state index in [1.165, 1.54) is 19.1 Å². The van der Waals surface area contributed by atoms with Crippen molar-refractivity contribution in [2.24, 2.45) is 0 Å². The molecule has 0 N–H and O–H groups in total. The molecule has 0 unspecified atom stereocenters. The van der Waals surface area contributed by atoms with Gasteiger partial charge in [0.15, 0.2) is 17.3 Å². The van der Waals surface area contributed by atoms with Crippen molar-refractivity contribution in [3.05, 3.63) is 47.8 Å². The monoisotopic (exact) mass is 262 g/mol. The Kier molecular flexibility index (Phi) is 3.94. The number of Topliss-reactive ketones (excluding diaryl/α,β-unsaturated/α-hetero) is 1. The molecule has 1 aromatic heterocycles. The molecule has 1 heterocycles. The molecule has 0 aliphatic heterocycles. The minimum absolute atomic E-state index is 0.155. The van der Waals surface area contributed by atoms with Gasteiger partial charge in [-0.3, -0.25) is 4.79 Å². The average molecular weight is 262 g/mol. The smallest absolute Gasteiger partial charge is 0.165 e. The number of carbonyl (C=O) groups is 1. The molecule has 19 heavy (non-hydrogen) atoms. The summed E-state index contributed by atoms with van der Waals surface area (Å²) in [7, 11) is 0. The van der Waals surface area contributed by atoms with E-state index >= 15 is 0 Å². The first-order valence-electron chi connectivity index (χ1n) is 5.99. The lowest BCUT2D eigenvalue weighted by molar-refractivity contribution is 0.101. The van der Waals surface area contributed by atoms with Gasteiger partial charge in [0.05, 0.1) is 6.54 Å². The molecule has 0 fully saturated rings. The maximum absolute atomic E-state index is 13.7. The maximum atomic E-state index is 13.7. The fourth-order valence-electron chi connectivity index (χ4n) is 1.73. The lowest BCUT2D eigenvalue weighted by Crippen LogP contribution is -2.09. The Balaban J connectivity index is 1.96. The van der Waals surface area contributed by atoms with Crippen LogP contribution >= 0.6 is 0 Å². The second kappa shape index (κ2) is 5.65. The molecule has 0 amide bonds. The lowest BCUT2D eigenvalue weighted by atomic mass is 10.1. The number of rotatable bonds is 5. The SMILES string of the molecule is CC(=O)c1ccc(OCCn2ccnc2C)c(F)c1. The molecule has 0 saturated carbocycles. The normalized spacial score (nSPS) is 10.5. The molecule has 0 aliphatic rings. The number of carbonyl (C=O) groups excluding carboxylic acids is 1. The molecule has 2 aromatic rings. The number of ketones is 1. The van der Waals surface area contributed by atoms with Crippen molar-refractivity contribution in [3.8, 4) is 5.75 Å². The van der Waals surface area contributed by atoms with Crippen LogP contribution in [0.3, 0.4) is 0 Å². The van der Waals surface area contributed by atoms with Crippen molar-refractivity contribution >= 4 is 5.78 Å². The van der Waals surface area contributed by atoms with Crippen molar-refractivity contribution in [2.45, 2.75) is 20.4 Å². The fourth-order valence-corrected chi connectivity index (χ4v) is 1.73. The van der Waals surface area contributed by atoms with E-state index in [4.69, 9.17) is 4.74 Å². The number of benzene rings is 1. The summed E-state index contributed by atoms with van der Waals surface area (Å²) in [6.45, 7) is 4.23. The van der Waals surface area contributed by atoms with E-state index in [1.807, 2.05) is 17.7 Å². The van der Waals surface area contributed by atoms with E-state index in [0.717, 1.165) is 5.82 Å². The number of hydrogen-bond donors (Lipinski definition) is 0. The number of hydrogen-bond acceptors (Lipinski definition) is 3. The van der Waals surface area contributed by atoms with Crippen LogP contribution in [0, 0.1) is 12.7 Å². The molecule has 0 saturated heterocycles. The van der Waals surface area contributed by atoms with E-state index in [2.05, 4.69) is 4.98 Å². The second-order valence-electron chi connectivity index (χ2n) is 4.22. The van der Waals surface area contributed by atoms with Crippen LogP contribution in [0.25, 0.3) is 0 Å². The molecular formula is C14H15FN2O2. The molecular weight excluding hydrogens is 247 g/mol. The van der Waals surface area contributed by atoms with Crippen LogP contribution in [-0.4, -0.2) is 21.9 Å². The van der Waals surface area contributed by atoms with Crippen LogP contribution in [0.1, 0.15) is 23.1 Å². The van der Waals surface area contributed by atoms with Gasteiger partial charge in [0.25, 0.3) is 0 Å².